The molecular weight excluding hydrogens is 292 g/mol. The number of rotatable bonds is 8. The molecule has 0 saturated carbocycles. The van der Waals surface area contributed by atoms with Crippen molar-refractivity contribution >= 4 is 17.5 Å². The van der Waals surface area contributed by atoms with Crippen LogP contribution in [0.1, 0.15) is 29.3 Å². The van der Waals surface area contributed by atoms with Gasteiger partial charge in [-0.2, -0.15) is 0 Å². The second-order valence-electron chi connectivity index (χ2n) is 5.07. The van der Waals surface area contributed by atoms with Gasteiger partial charge >= 0.3 is 0 Å². The molecule has 1 aromatic carbocycles. The summed E-state index contributed by atoms with van der Waals surface area (Å²) in [4.78, 5) is 20.2. The van der Waals surface area contributed by atoms with E-state index in [9.17, 15) is 4.79 Å². The number of aryl methyl sites for hydroxylation is 1. The molecule has 122 valence electrons. The summed E-state index contributed by atoms with van der Waals surface area (Å²) in [6.07, 6.45) is 4.81. The lowest BCUT2D eigenvalue weighted by Gasteiger charge is -2.07. The standard InChI is InChI=1S/C17H22N4O2/c1-3-13-5-7-15(8-6-13)21-17-19-11-14(12-20-17)16(22)18-9-4-10-23-2/h5-8,11-12H,3-4,9-10H2,1-2H3,(H,18,22)(H,19,20,21). The molecule has 0 fully saturated rings. The average molecular weight is 314 g/mol. The molecule has 2 rings (SSSR count). The van der Waals surface area contributed by atoms with Crippen LogP contribution in [-0.2, 0) is 11.2 Å². The molecule has 1 amide bonds. The fourth-order valence-corrected chi connectivity index (χ4v) is 1.98. The van der Waals surface area contributed by atoms with Crippen LogP contribution in [0.25, 0.3) is 0 Å². The quantitative estimate of drug-likeness (QED) is 0.732. The number of hydrogen-bond acceptors (Lipinski definition) is 5. The molecule has 0 atom stereocenters. The van der Waals surface area contributed by atoms with Gasteiger partial charge in [-0.05, 0) is 30.5 Å². The van der Waals surface area contributed by atoms with Gasteiger partial charge in [0.1, 0.15) is 0 Å². The first kappa shape index (κ1) is 16.9. The van der Waals surface area contributed by atoms with Gasteiger partial charge in [0.05, 0.1) is 5.56 Å². The first-order chi connectivity index (χ1) is 11.2. The van der Waals surface area contributed by atoms with Crippen molar-refractivity contribution in [1.82, 2.24) is 15.3 Å². The number of benzene rings is 1. The minimum Gasteiger partial charge on any atom is -0.385 e. The Bertz CT molecular complexity index is 611. The van der Waals surface area contributed by atoms with Crippen molar-refractivity contribution in [1.29, 1.82) is 0 Å². The van der Waals surface area contributed by atoms with Gasteiger partial charge < -0.3 is 15.4 Å². The van der Waals surface area contributed by atoms with Gasteiger partial charge in [0.25, 0.3) is 5.91 Å². The molecule has 1 aromatic heterocycles. The summed E-state index contributed by atoms with van der Waals surface area (Å²) in [6, 6.07) is 8.09. The summed E-state index contributed by atoms with van der Waals surface area (Å²) >= 11 is 0. The molecule has 0 saturated heterocycles. The van der Waals surface area contributed by atoms with Crippen LogP contribution in [0.15, 0.2) is 36.7 Å². The van der Waals surface area contributed by atoms with Crippen LogP contribution in [0.3, 0.4) is 0 Å². The lowest BCUT2D eigenvalue weighted by Crippen LogP contribution is -2.25. The Morgan fingerprint density at radius 2 is 1.87 bits per heavy atom. The third-order valence-corrected chi connectivity index (χ3v) is 3.34. The number of carbonyl (C=O) groups excluding carboxylic acids is 1. The summed E-state index contributed by atoms with van der Waals surface area (Å²) in [6.45, 7) is 3.30. The normalized spacial score (nSPS) is 10.3. The van der Waals surface area contributed by atoms with E-state index in [1.54, 1.807) is 7.11 Å². The lowest BCUT2D eigenvalue weighted by molar-refractivity contribution is 0.0948. The van der Waals surface area contributed by atoms with Crippen LogP contribution in [0.2, 0.25) is 0 Å². The Labute approximate surface area is 136 Å². The fraction of sp³-hybridized carbons (Fsp3) is 0.353. The number of hydrogen-bond donors (Lipinski definition) is 2. The van der Waals surface area contributed by atoms with E-state index >= 15 is 0 Å². The molecule has 1 heterocycles. The monoisotopic (exact) mass is 314 g/mol. The van der Waals surface area contributed by atoms with Crippen molar-refractivity contribution < 1.29 is 9.53 Å². The minimum atomic E-state index is -0.181. The number of anilines is 2. The number of nitrogens with zero attached hydrogens (tertiary/aromatic N) is 2. The van der Waals surface area contributed by atoms with Gasteiger partial charge in [-0.3, -0.25) is 4.79 Å². The van der Waals surface area contributed by atoms with E-state index in [1.165, 1.54) is 18.0 Å². The highest BCUT2D eigenvalue weighted by molar-refractivity contribution is 5.93. The third kappa shape index (κ3) is 5.34. The van der Waals surface area contributed by atoms with Crippen LogP contribution >= 0.6 is 0 Å². The summed E-state index contributed by atoms with van der Waals surface area (Å²) < 4.78 is 4.93. The maximum atomic E-state index is 11.9. The Balaban J connectivity index is 1.89. The molecule has 0 unspecified atom stereocenters. The molecule has 0 aliphatic heterocycles. The van der Waals surface area contributed by atoms with Crippen molar-refractivity contribution in [3.05, 3.63) is 47.8 Å². The molecule has 0 radical (unpaired) electrons. The SMILES string of the molecule is CCc1ccc(Nc2ncc(C(=O)NCCCOC)cn2)cc1. The Morgan fingerprint density at radius 1 is 1.17 bits per heavy atom. The highest BCUT2D eigenvalue weighted by atomic mass is 16.5. The maximum absolute atomic E-state index is 11.9. The third-order valence-electron chi connectivity index (χ3n) is 3.34. The number of nitrogens with one attached hydrogen (secondary N) is 2. The zero-order chi connectivity index (χ0) is 16.5. The lowest BCUT2D eigenvalue weighted by atomic mass is 10.1. The van der Waals surface area contributed by atoms with Crippen molar-refractivity contribution in [2.45, 2.75) is 19.8 Å². The Kier molecular flexibility index (Phi) is 6.50. The highest BCUT2D eigenvalue weighted by Crippen LogP contribution is 2.14. The fourth-order valence-electron chi connectivity index (χ4n) is 1.98. The van der Waals surface area contributed by atoms with Gasteiger partial charge in [0.2, 0.25) is 5.95 Å². The van der Waals surface area contributed by atoms with E-state index in [1.807, 2.05) is 12.1 Å². The summed E-state index contributed by atoms with van der Waals surface area (Å²) in [7, 11) is 1.64. The van der Waals surface area contributed by atoms with Crippen LogP contribution < -0.4 is 10.6 Å². The Hall–Kier alpha value is -2.47. The molecule has 6 nitrogen and oxygen atoms in total. The van der Waals surface area contributed by atoms with Gasteiger partial charge in [-0.15, -0.1) is 0 Å². The number of ether oxygens (including phenoxy) is 1. The number of aromatic nitrogens is 2. The van der Waals surface area contributed by atoms with Crippen LogP contribution in [0.4, 0.5) is 11.6 Å². The first-order valence-corrected chi connectivity index (χ1v) is 7.68. The van der Waals surface area contributed by atoms with Crippen molar-refractivity contribution in [3.8, 4) is 0 Å². The largest absolute Gasteiger partial charge is 0.385 e. The van der Waals surface area contributed by atoms with E-state index < -0.39 is 0 Å². The maximum Gasteiger partial charge on any atom is 0.254 e. The highest BCUT2D eigenvalue weighted by Gasteiger charge is 2.06. The zero-order valence-electron chi connectivity index (χ0n) is 13.5. The number of amides is 1. The smallest absolute Gasteiger partial charge is 0.254 e. The van der Waals surface area contributed by atoms with E-state index in [4.69, 9.17) is 4.74 Å². The van der Waals surface area contributed by atoms with Crippen LogP contribution in [0, 0.1) is 0 Å². The Morgan fingerprint density at radius 3 is 2.48 bits per heavy atom. The van der Waals surface area contributed by atoms with Gasteiger partial charge in [-0.1, -0.05) is 19.1 Å². The predicted octanol–water partition coefficient (Wildman–Crippen LogP) is 2.55. The zero-order valence-corrected chi connectivity index (χ0v) is 13.5. The molecule has 0 aliphatic rings. The van der Waals surface area contributed by atoms with Crippen LogP contribution in [-0.4, -0.2) is 36.1 Å². The minimum absolute atomic E-state index is 0.181. The van der Waals surface area contributed by atoms with Gasteiger partial charge in [-0.25, -0.2) is 9.97 Å². The van der Waals surface area contributed by atoms with Gasteiger partial charge in [0, 0.05) is 38.3 Å². The summed E-state index contributed by atoms with van der Waals surface area (Å²) in [5, 5.41) is 5.91. The molecular formula is C17H22N4O2. The molecule has 6 heteroatoms. The van der Waals surface area contributed by atoms with Crippen molar-refractivity contribution in [3.63, 3.8) is 0 Å². The molecule has 0 bridgehead atoms. The second kappa shape index (κ2) is 8.85. The second-order valence-corrected chi connectivity index (χ2v) is 5.07. The van der Waals surface area contributed by atoms with E-state index in [0.29, 0.717) is 24.7 Å². The number of methoxy groups -OCH3 is 1. The van der Waals surface area contributed by atoms with E-state index in [2.05, 4.69) is 39.7 Å². The van der Waals surface area contributed by atoms with Gasteiger partial charge in [0.15, 0.2) is 0 Å². The predicted molar refractivity (Wildman–Crippen MR) is 90.0 cm³/mol. The van der Waals surface area contributed by atoms with Crippen LogP contribution in [0.5, 0.6) is 0 Å². The summed E-state index contributed by atoms with van der Waals surface area (Å²) in [5.74, 6) is 0.283. The number of carbonyl (C=O) groups is 1. The van der Waals surface area contributed by atoms with Crippen molar-refractivity contribution in [2.24, 2.45) is 0 Å². The molecule has 2 aromatic rings. The van der Waals surface area contributed by atoms with E-state index in [-0.39, 0.29) is 5.91 Å². The molecule has 0 spiro atoms. The molecule has 23 heavy (non-hydrogen) atoms. The average Bonchev–Trinajstić information content (AvgIpc) is 2.60. The molecule has 2 N–H and O–H groups in total. The van der Waals surface area contributed by atoms with Crippen molar-refractivity contribution in [2.75, 3.05) is 25.6 Å². The van der Waals surface area contributed by atoms with E-state index in [0.717, 1.165) is 18.5 Å². The first-order valence-electron chi connectivity index (χ1n) is 7.68. The topological polar surface area (TPSA) is 76.1 Å². The molecule has 0 aliphatic carbocycles. The summed E-state index contributed by atoms with van der Waals surface area (Å²) in [5.41, 5.74) is 2.63.